The van der Waals surface area contributed by atoms with E-state index in [1.807, 2.05) is 18.2 Å². The summed E-state index contributed by atoms with van der Waals surface area (Å²) in [6, 6.07) is 7.28. The summed E-state index contributed by atoms with van der Waals surface area (Å²) in [6.07, 6.45) is 3.35. The first kappa shape index (κ1) is 12.1. The number of halogens is 1. The molecule has 1 N–H and O–H groups in total. The van der Waals surface area contributed by atoms with E-state index in [9.17, 15) is 4.79 Å². The van der Waals surface area contributed by atoms with Crippen molar-refractivity contribution in [2.75, 3.05) is 0 Å². The molecule has 0 amide bonds. The first-order valence-electron chi connectivity index (χ1n) is 6.02. The number of benzene rings is 1. The van der Waals surface area contributed by atoms with Crippen molar-refractivity contribution in [3.05, 3.63) is 46.7 Å². The molecule has 0 atom stereocenters. The van der Waals surface area contributed by atoms with Gasteiger partial charge in [-0.15, -0.1) is 0 Å². The van der Waals surface area contributed by atoms with Crippen LogP contribution in [0.4, 0.5) is 0 Å². The molecule has 1 aromatic carbocycles. The van der Waals surface area contributed by atoms with Crippen molar-refractivity contribution in [2.45, 2.75) is 18.8 Å². The maximum atomic E-state index is 11.2. The highest BCUT2D eigenvalue weighted by molar-refractivity contribution is 6.33. The number of rotatable bonds is 3. The van der Waals surface area contributed by atoms with Gasteiger partial charge in [0.2, 0.25) is 0 Å². The van der Waals surface area contributed by atoms with Gasteiger partial charge in [0, 0.05) is 17.7 Å². The van der Waals surface area contributed by atoms with Crippen molar-refractivity contribution in [1.29, 1.82) is 0 Å². The predicted octanol–water partition coefficient (Wildman–Crippen LogP) is 3.37. The molecule has 1 heterocycles. The van der Waals surface area contributed by atoms with Crippen LogP contribution in [0, 0.1) is 0 Å². The van der Waals surface area contributed by atoms with E-state index in [0.717, 1.165) is 18.4 Å². The zero-order valence-corrected chi connectivity index (χ0v) is 10.8. The van der Waals surface area contributed by atoms with Gasteiger partial charge in [0.1, 0.15) is 0 Å². The van der Waals surface area contributed by atoms with Crippen molar-refractivity contribution < 1.29 is 9.90 Å². The maximum Gasteiger partial charge on any atom is 0.339 e. The van der Waals surface area contributed by atoms with Crippen molar-refractivity contribution >= 4 is 17.6 Å². The van der Waals surface area contributed by atoms with Gasteiger partial charge >= 0.3 is 5.97 Å². The van der Waals surface area contributed by atoms with Crippen LogP contribution in [-0.4, -0.2) is 21.0 Å². The lowest BCUT2D eigenvalue weighted by Gasteiger charge is -2.07. The Bertz CT molecular complexity index is 654. The van der Waals surface area contributed by atoms with Gasteiger partial charge in [-0.1, -0.05) is 23.7 Å². The average Bonchev–Trinajstić information content (AvgIpc) is 3.23. The van der Waals surface area contributed by atoms with E-state index in [-0.39, 0.29) is 11.5 Å². The fourth-order valence-corrected chi connectivity index (χ4v) is 2.22. The Balaban J connectivity index is 2.11. The van der Waals surface area contributed by atoms with Gasteiger partial charge in [-0.2, -0.15) is 0 Å². The molecule has 0 aliphatic heterocycles. The molecular formula is C14H11ClN2O2. The molecule has 1 saturated carbocycles. The molecule has 1 aromatic heterocycles. The van der Waals surface area contributed by atoms with Crippen molar-refractivity contribution in [3.63, 3.8) is 0 Å². The Hall–Kier alpha value is -1.94. The van der Waals surface area contributed by atoms with E-state index in [4.69, 9.17) is 16.7 Å². The van der Waals surface area contributed by atoms with Gasteiger partial charge in [0.05, 0.1) is 16.3 Å². The minimum absolute atomic E-state index is 0.193. The lowest BCUT2D eigenvalue weighted by molar-refractivity contribution is 0.0694. The molecule has 0 bridgehead atoms. The average molecular weight is 275 g/mol. The zero-order chi connectivity index (χ0) is 13.4. The summed E-state index contributed by atoms with van der Waals surface area (Å²) >= 11 is 6.11. The van der Waals surface area contributed by atoms with Crippen molar-refractivity contribution in [1.82, 2.24) is 9.97 Å². The fourth-order valence-electron chi connectivity index (χ4n) is 2.00. The van der Waals surface area contributed by atoms with Gasteiger partial charge in [-0.25, -0.2) is 14.8 Å². The van der Waals surface area contributed by atoms with E-state index in [2.05, 4.69) is 9.97 Å². The number of carbonyl (C=O) groups is 1. The Labute approximate surface area is 115 Å². The summed E-state index contributed by atoms with van der Waals surface area (Å²) < 4.78 is 0. The van der Waals surface area contributed by atoms with Crippen LogP contribution in [-0.2, 0) is 0 Å². The first-order valence-corrected chi connectivity index (χ1v) is 6.39. The van der Waals surface area contributed by atoms with Crippen LogP contribution in [0.15, 0.2) is 30.5 Å². The molecule has 3 rings (SSSR count). The van der Waals surface area contributed by atoms with E-state index in [0.29, 0.717) is 16.5 Å². The molecule has 2 aromatic rings. The first-order chi connectivity index (χ1) is 9.16. The number of carboxylic acid groups (broad SMARTS) is 1. The highest BCUT2D eigenvalue weighted by Gasteiger charge is 2.30. The van der Waals surface area contributed by atoms with Crippen LogP contribution in [0.1, 0.15) is 34.8 Å². The highest BCUT2D eigenvalue weighted by atomic mass is 35.5. The predicted molar refractivity (Wildman–Crippen MR) is 71.4 cm³/mol. The van der Waals surface area contributed by atoms with E-state index >= 15 is 0 Å². The van der Waals surface area contributed by atoms with Crippen LogP contribution < -0.4 is 0 Å². The number of aromatic carboxylic acids is 1. The molecule has 1 aliphatic carbocycles. The van der Waals surface area contributed by atoms with Crippen LogP contribution in [0.3, 0.4) is 0 Å². The molecule has 1 fully saturated rings. The van der Waals surface area contributed by atoms with Crippen molar-refractivity contribution in [3.8, 4) is 11.4 Å². The zero-order valence-electron chi connectivity index (χ0n) is 10.0. The maximum absolute atomic E-state index is 11.2. The fraction of sp³-hybridized carbons (Fsp3) is 0.214. The molecule has 0 spiro atoms. The lowest BCUT2D eigenvalue weighted by atomic mass is 10.1. The third kappa shape index (κ3) is 2.31. The molecule has 5 heteroatoms. The van der Waals surface area contributed by atoms with Crippen LogP contribution in [0.5, 0.6) is 0 Å². The largest absolute Gasteiger partial charge is 0.478 e. The number of hydrogen-bond donors (Lipinski definition) is 1. The summed E-state index contributed by atoms with van der Waals surface area (Å²) in [6.45, 7) is 0. The Kier molecular flexibility index (Phi) is 2.95. The molecule has 4 nitrogen and oxygen atoms in total. The summed E-state index contributed by atoms with van der Waals surface area (Å²) in [5.74, 6) is -0.250. The quantitative estimate of drug-likeness (QED) is 0.932. The van der Waals surface area contributed by atoms with Crippen LogP contribution in [0.2, 0.25) is 5.02 Å². The Morgan fingerprint density at radius 3 is 2.68 bits per heavy atom. The number of hydrogen-bond acceptors (Lipinski definition) is 3. The lowest BCUT2D eigenvalue weighted by Crippen LogP contribution is -2.06. The van der Waals surface area contributed by atoms with E-state index in [1.165, 1.54) is 6.20 Å². The highest BCUT2D eigenvalue weighted by Crippen LogP contribution is 2.41. The third-order valence-electron chi connectivity index (χ3n) is 3.13. The Morgan fingerprint density at radius 1 is 1.32 bits per heavy atom. The molecule has 0 unspecified atom stereocenters. The van der Waals surface area contributed by atoms with Crippen molar-refractivity contribution in [2.24, 2.45) is 0 Å². The number of nitrogens with zero attached hydrogens (tertiary/aromatic N) is 2. The molecule has 1 aliphatic rings. The molecule has 0 saturated heterocycles. The number of aromatic nitrogens is 2. The number of carboxylic acids is 1. The minimum atomic E-state index is -0.979. The minimum Gasteiger partial charge on any atom is -0.478 e. The van der Waals surface area contributed by atoms with Gasteiger partial charge < -0.3 is 5.11 Å². The standard InChI is InChI=1S/C14H11ClN2O2/c15-11-4-2-1-3-9(11)13-16-7-10(14(18)19)12(17-13)8-5-6-8/h1-4,7-8H,5-6H2,(H,18,19). The second kappa shape index (κ2) is 4.63. The van der Waals surface area contributed by atoms with Gasteiger partial charge in [-0.05, 0) is 25.0 Å². The van der Waals surface area contributed by atoms with Gasteiger partial charge in [0.15, 0.2) is 5.82 Å². The van der Waals surface area contributed by atoms with Gasteiger partial charge in [-0.3, -0.25) is 0 Å². The SMILES string of the molecule is O=C(O)c1cnc(-c2ccccc2Cl)nc1C1CC1. The molecule has 96 valence electrons. The molecular weight excluding hydrogens is 264 g/mol. The molecule has 19 heavy (non-hydrogen) atoms. The monoisotopic (exact) mass is 274 g/mol. The second-order valence-electron chi connectivity index (χ2n) is 4.55. The topological polar surface area (TPSA) is 63.1 Å². The summed E-state index contributed by atoms with van der Waals surface area (Å²) in [5, 5.41) is 9.71. The summed E-state index contributed by atoms with van der Waals surface area (Å²) in [7, 11) is 0. The second-order valence-corrected chi connectivity index (χ2v) is 4.96. The van der Waals surface area contributed by atoms with Crippen LogP contribution in [0.25, 0.3) is 11.4 Å². The van der Waals surface area contributed by atoms with E-state index < -0.39 is 5.97 Å². The summed E-state index contributed by atoms with van der Waals surface area (Å²) in [4.78, 5) is 19.7. The Morgan fingerprint density at radius 2 is 2.05 bits per heavy atom. The van der Waals surface area contributed by atoms with Gasteiger partial charge in [0.25, 0.3) is 0 Å². The van der Waals surface area contributed by atoms with E-state index in [1.54, 1.807) is 6.07 Å². The molecule has 0 radical (unpaired) electrons. The normalized spacial score (nSPS) is 14.4. The summed E-state index contributed by atoms with van der Waals surface area (Å²) in [5.41, 5.74) is 1.54. The van der Waals surface area contributed by atoms with Crippen LogP contribution >= 0.6 is 11.6 Å². The third-order valence-corrected chi connectivity index (χ3v) is 3.46. The smallest absolute Gasteiger partial charge is 0.339 e.